The SMILES string of the molecule is CN(CC1CCCOC1)c1cc2c(cc1F)C(O)C(=O)N2. The van der Waals surface area contributed by atoms with Gasteiger partial charge in [0.25, 0.3) is 5.91 Å². The first kappa shape index (κ1) is 14.3. The summed E-state index contributed by atoms with van der Waals surface area (Å²) in [5.74, 6) is -0.551. The molecule has 0 saturated carbocycles. The third-order valence-corrected chi connectivity index (χ3v) is 4.12. The lowest BCUT2D eigenvalue weighted by atomic mass is 10.0. The zero-order valence-corrected chi connectivity index (χ0v) is 11.9. The third-order valence-electron chi connectivity index (χ3n) is 4.12. The number of aliphatic hydroxyl groups is 1. The summed E-state index contributed by atoms with van der Waals surface area (Å²) in [5, 5.41) is 12.2. The molecular weight excluding hydrogens is 275 g/mol. The highest BCUT2D eigenvalue weighted by atomic mass is 19.1. The van der Waals surface area contributed by atoms with E-state index in [2.05, 4.69) is 5.32 Å². The van der Waals surface area contributed by atoms with Gasteiger partial charge >= 0.3 is 0 Å². The average Bonchev–Trinajstić information content (AvgIpc) is 2.74. The normalized spacial score (nSPS) is 24.6. The average molecular weight is 294 g/mol. The summed E-state index contributed by atoms with van der Waals surface area (Å²) in [5.41, 5.74) is 1.21. The predicted octanol–water partition coefficient (Wildman–Crippen LogP) is 1.67. The van der Waals surface area contributed by atoms with E-state index >= 15 is 0 Å². The standard InChI is InChI=1S/C15H19FN2O3/c1-18(7-9-3-2-4-21-8-9)13-6-12-10(5-11(13)16)14(19)15(20)17-12/h5-6,9,14,19H,2-4,7-8H2,1H3,(H,17,20). The summed E-state index contributed by atoms with van der Waals surface area (Å²) in [4.78, 5) is 13.3. The summed E-state index contributed by atoms with van der Waals surface area (Å²) in [6, 6.07) is 2.82. The van der Waals surface area contributed by atoms with Crippen molar-refractivity contribution in [3.8, 4) is 0 Å². The number of rotatable bonds is 3. The molecule has 2 aliphatic heterocycles. The van der Waals surface area contributed by atoms with Crippen LogP contribution in [0.4, 0.5) is 15.8 Å². The lowest BCUT2D eigenvalue weighted by molar-refractivity contribution is -0.123. The minimum atomic E-state index is -1.28. The third kappa shape index (κ3) is 2.73. The number of halogens is 1. The minimum Gasteiger partial charge on any atom is -0.381 e. The van der Waals surface area contributed by atoms with Crippen LogP contribution in [0.3, 0.4) is 0 Å². The van der Waals surface area contributed by atoms with Crippen molar-refractivity contribution in [3.63, 3.8) is 0 Å². The molecule has 1 aromatic carbocycles. The number of benzene rings is 1. The number of hydrogen-bond acceptors (Lipinski definition) is 4. The van der Waals surface area contributed by atoms with E-state index < -0.39 is 17.8 Å². The van der Waals surface area contributed by atoms with Crippen molar-refractivity contribution in [3.05, 3.63) is 23.5 Å². The van der Waals surface area contributed by atoms with Gasteiger partial charge in [0.15, 0.2) is 6.10 Å². The molecule has 2 aliphatic rings. The van der Waals surface area contributed by atoms with Crippen LogP contribution in [0.5, 0.6) is 0 Å². The zero-order chi connectivity index (χ0) is 15.0. The van der Waals surface area contributed by atoms with E-state index in [1.165, 1.54) is 6.07 Å². The lowest BCUT2D eigenvalue weighted by Crippen LogP contribution is -2.31. The van der Waals surface area contributed by atoms with Crippen LogP contribution >= 0.6 is 0 Å². The van der Waals surface area contributed by atoms with Gasteiger partial charge in [0.05, 0.1) is 12.3 Å². The van der Waals surface area contributed by atoms with E-state index in [-0.39, 0.29) is 0 Å². The quantitative estimate of drug-likeness (QED) is 0.890. The van der Waals surface area contributed by atoms with Crippen LogP contribution in [0.15, 0.2) is 12.1 Å². The van der Waals surface area contributed by atoms with Crippen molar-refractivity contribution in [2.75, 3.05) is 37.0 Å². The van der Waals surface area contributed by atoms with E-state index in [0.29, 0.717) is 36.0 Å². The number of anilines is 2. The number of fused-ring (bicyclic) bond motifs is 1. The van der Waals surface area contributed by atoms with Gasteiger partial charge in [-0.1, -0.05) is 0 Å². The maximum Gasteiger partial charge on any atom is 0.257 e. The summed E-state index contributed by atoms with van der Waals surface area (Å²) in [6.45, 7) is 2.20. The number of nitrogens with one attached hydrogen (secondary N) is 1. The molecule has 3 rings (SSSR count). The van der Waals surface area contributed by atoms with E-state index in [0.717, 1.165) is 19.4 Å². The molecule has 0 bridgehead atoms. The second kappa shape index (κ2) is 5.61. The van der Waals surface area contributed by atoms with Crippen LogP contribution in [-0.4, -0.2) is 37.8 Å². The number of carbonyl (C=O) groups excluding carboxylic acids is 1. The molecule has 2 N–H and O–H groups in total. The molecule has 21 heavy (non-hydrogen) atoms. The first-order valence-corrected chi connectivity index (χ1v) is 7.17. The van der Waals surface area contributed by atoms with E-state index in [1.54, 1.807) is 6.07 Å². The highest BCUT2D eigenvalue weighted by molar-refractivity contribution is 6.02. The molecule has 114 valence electrons. The fraction of sp³-hybridized carbons (Fsp3) is 0.533. The maximum absolute atomic E-state index is 14.2. The number of amides is 1. The molecular formula is C15H19FN2O3. The molecule has 1 saturated heterocycles. The number of ether oxygens (including phenoxy) is 1. The predicted molar refractivity (Wildman–Crippen MR) is 76.8 cm³/mol. The van der Waals surface area contributed by atoms with Crippen molar-refractivity contribution >= 4 is 17.3 Å². The summed E-state index contributed by atoms with van der Waals surface area (Å²) >= 11 is 0. The Morgan fingerprint density at radius 3 is 3.05 bits per heavy atom. The summed E-state index contributed by atoms with van der Waals surface area (Å²) in [6.07, 6.45) is 0.834. The van der Waals surface area contributed by atoms with Crippen molar-refractivity contribution in [2.24, 2.45) is 5.92 Å². The number of carbonyl (C=O) groups is 1. The van der Waals surface area contributed by atoms with Gasteiger partial charge in [-0.05, 0) is 30.9 Å². The Kier molecular flexibility index (Phi) is 3.82. The van der Waals surface area contributed by atoms with Gasteiger partial charge in [0, 0.05) is 31.5 Å². The highest BCUT2D eigenvalue weighted by Crippen LogP contribution is 2.36. The van der Waals surface area contributed by atoms with Gasteiger partial charge in [0.2, 0.25) is 0 Å². The van der Waals surface area contributed by atoms with Crippen LogP contribution < -0.4 is 10.2 Å². The van der Waals surface area contributed by atoms with E-state index in [9.17, 15) is 14.3 Å². The smallest absolute Gasteiger partial charge is 0.257 e. The number of aliphatic hydroxyl groups excluding tert-OH is 1. The largest absolute Gasteiger partial charge is 0.381 e. The Hall–Kier alpha value is -1.66. The first-order valence-electron chi connectivity index (χ1n) is 7.17. The Balaban J connectivity index is 1.79. The van der Waals surface area contributed by atoms with Gasteiger partial charge < -0.3 is 20.1 Å². The molecule has 0 radical (unpaired) electrons. The molecule has 0 spiro atoms. The second-order valence-corrected chi connectivity index (χ2v) is 5.75. The summed E-state index contributed by atoms with van der Waals surface area (Å²) < 4.78 is 19.7. The number of hydrogen-bond donors (Lipinski definition) is 2. The molecule has 1 fully saturated rings. The van der Waals surface area contributed by atoms with Crippen LogP contribution in [0.1, 0.15) is 24.5 Å². The van der Waals surface area contributed by atoms with Crippen LogP contribution in [0.2, 0.25) is 0 Å². The van der Waals surface area contributed by atoms with Crippen LogP contribution in [0.25, 0.3) is 0 Å². The summed E-state index contributed by atoms with van der Waals surface area (Å²) in [7, 11) is 1.83. The lowest BCUT2D eigenvalue weighted by Gasteiger charge is -2.28. The molecule has 0 aliphatic carbocycles. The van der Waals surface area contributed by atoms with Crippen LogP contribution in [0, 0.1) is 11.7 Å². The van der Waals surface area contributed by atoms with Gasteiger partial charge in [-0.25, -0.2) is 4.39 Å². The Morgan fingerprint density at radius 1 is 1.52 bits per heavy atom. The molecule has 2 heterocycles. The van der Waals surface area contributed by atoms with E-state index in [1.807, 2.05) is 11.9 Å². The van der Waals surface area contributed by atoms with Crippen molar-refractivity contribution in [1.29, 1.82) is 0 Å². The molecule has 2 atom stereocenters. The maximum atomic E-state index is 14.2. The van der Waals surface area contributed by atoms with Gasteiger partial charge in [-0.2, -0.15) is 0 Å². The molecule has 6 heteroatoms. The molecule has 5 nitrogen and oxygen atoms in total. The molecule has 1 aromatic rings. The van der Waals surface area contributed by atoms with Gasteiger partial charge in [-0.15, -0.1) is 0 Å². The highest BCUT2D eigenvalue weighted by Gasteiger charge is 2.30. The first-order chi connectivity index (χ1) is 10.1. The van der Waals surface area contributed by atoms with Gasteiger partial charge in [-0.3, -0.25) is 4.79 Å². The Labute approximate surface area is 122 Å². The van der Waals surface area contributed by atoms with E-state index in [4.69, 9.17) is 4.74 Å². The topological polar surface area (TPSA) is 61.8 Å². The molecule has 0 aromatic heterocycles. The number of nitrogens with zero attached hydrogens (tertiary/aromatic N) is 1. The minimum absolute atomic E-state index is 0.302. The van der Waals surface area contributed by atoms with Crippen molar-refractivity contribution < 1.29 is 19.0 Å². The van der Waals surface area contributed by atoms with Crippen molar-refractivity contribution in [2.45, 2.75) is 18.9 Å². The second-order valence-electron chi connectivity index (χ2n) is 5.75. The zero-order valence-electron chi connectivity index (χ0n) is 11.9. The fourth-order valence-corrected chi connectivity index (χ4v) is 2.98. The van der Waals surface area contributed by atoms with Crippen molar-refractivity contribution in [1.82, 2.24) is 0 Å². The Bertz CT molecular complexity index is 558. The molecule has 1 amide bonds. The van der Waals surface area contributed by atoms with Gasteiger partial charge in [0.1, 0.15) is 5.82 Å². The van der Waals surface area contributed by atoms with Crippen LogP contribution in [-0.2, 0) is 9.53 Å². The monoisotopic (exact) mass is 294 g/mol. The molecule has 2 unspecified atom stereocenters. The Morgan fingerprint density at radius 2 is 2.33 bits per heavy atom. The fourth-order valence-electron chi connectivity index (χ4n) is 2.98.